The second kappa shape index (κ2) is 19.5. The van der Waals surface area contributed by atoms with Crippen LogP contribution in [0, 0.1) is 0 Å². The summed E-state index contributed by atoms with van der Waals surface area (Å²) < 4.78 is 25.5. The predicted molar refractivity (Wildman–Crippen MR) is 13.6 cm³/mol. The van der Waals surface area contributed by atoms with Gasteiger partial charge in [0.1, 0.15) is 0 Å². The van der Waals surface area contributed by atoms with E-state index < -0.39 is 21.1 Å². The van der Waals surface area contributed by atoms with Crippen LogP contribution in [0.1, 0.15) is 0 Å². The summed E-state index contributed by atoms with van der Waals surface area (Å²) in [6.45, 7) is 0. The van der Waals surface area contributed by atoms with Gasteiger partial charge in [-0.25, -0.2) is 0 Å². The van der Waals surface area contributed by atoms with Crippen molar-refractivity contribution in [3.63, 3.8) is 0 Å². The van der Waals surface area contributed by atoms with Gasteiger partial charge in [0.2, 0.25) is 0 Å². The van der Waals surface area contributed by atoms with Crippen molar-refractivity contribution in [2.24, 2.45) is 0 Å². The predicted octanol–water partition coefficient (Wildman–Crippen LogP) is -1.12. The molecule has 0 saturated heterocycles. The van der Waals surface area contributed by atoms with Gasteiger partial charge in [-0.15, -0.1) is 0 Å². The molecule has 0 aromatic heterocycles. The van der Waals surface area contributed by atoms with Gasteiger partial charge < -0.3 is 0 Å². The van der Waals surface area contributed by atoms with Gasteiger partial charge in [0.05, 0.1) is 0 Å². The summed E-state index contributed by atoms with van der Waals surface area (Å²) >= 11 is -2.08. The standard InChI is InChI=1S/Bi.3O.Sn. The van der Waals surface area contributed by atoms with Gasteiger partial charge in [0, 0.05) is 0 Å². The van der Waals surface area contributed by atoms with E-state index in [1.165, 1.54) is 0 Å². The maximum atomic E-state index is 8.54. The molecule has 0 aliphatic rings. The molecule has 5 heavy (non-hydrogen) atoms. The van der Waals surface area contributed by atoms with E-state index in [1.807, 2.05) is 0 Å². The molecule has 0 spiro atoms. The molecule has 0 fully saturated rings. The number of hydrogen-bond acceptors (Lipinski definition) is 3. The zero-order valence-electron chi connectivity index (χ0n) is 2.17. The first kappa shape index (κ1) is 9.43. The van der Waals surface area contributed by atoms with E-state index in [2.05, 4.69) is 0 Å². The molecule has 0 unspecified atom stereocenters. The molecule has 3 nitrogen and oxygen atoms in total. The van der Waals surface area contributed by atoms with Crippen LogP contribution in [0.4, 0.5) is 0 Å². The molecule has 27 valence electrons. The van der Waals surface area contributed by atoms with Crippen molar-refractivity contribution in [1.29, 1.82) is 0 Å². The maximum absolute atomic E-state index is 8.54. The van der Waals surface area contributed by atoms with Crippen LogP contribution < -0.4 is 0 Å². The van der Waals surface area contributed by atoms with Crippen LogP contribution in [0.2, 0.25) is 0 Å². The Morgan fingerprint density at radius 1 is 1.20 bits per heavy atom. The van der Waals surface area contributed by atoms with Crippen molar-refractivity contribution < 1.29 is 8.97 Å². The first-order valence-corrected chi connectivity index (χ1v) is 4.34. The Bertz CT molecular complexity index is 36.2. The fraction of sp³-hybridized carbons (Fsp3) is 0. The van der Waals surface area contributed by atoms with Crippen LogP contribution in [-0.4, -0.2) is 45.8 Å². The van der Waals surface area contributed by atoms with Gasteiger partial charge in [0.25, 0.3) is 0 Å². The zero-order chi connectivity index (χ0) is 4.71. The summed E-state index contributed by atoms with van der Waals surface area (Å²) in [4.78, 5) is 0. The topological polar surface area (TPSA) is 51.2 Å². The van der Waals surface area contributed by atoms with E-state index in [-0.39, 0.29) is 24.7 Å². The van der Waals surface area contributed by atoms with Crippen LogP contribution in [0.15, 0.2) is 0 Å². The van der Waals surface area contributed by atoms with Crippen LogP contribution in [-0.2, 0) is 8.97 Å². The molecular weight excluding hydrogens is 376 g/mol. The minimum atomic E-state index is -2.27. The molecule has 0 aliphatic heterocycles. The second-order valence-electron chi connectivity index (χ2n) is 0.0833. The SMILES string of the molecule is [O]=[Bi].[O]=[Sn]=[O]. The summed E-state index contributed by atoms with van der Waals surface area (Å²) in [5.41, 5.74) is 0. The Hall–Kier alpha value is 1.08. The molecule has 0 atom stereocenters. The fourth-order valence-corrected chi connectivity index (χ4v) is 0. The normalized spacial score (nSPS) is 2.40. The van der Waals surface area contributed by atoms with E-state index in [0.29, 0.717) is 0 Å². The van der Waals surface area contributed by atoms with E-state index in [9.17, 15) is 0 Å². The molecule has 0 aromatic carbocycles. The van der Waals surface area contributed by atoms with Gasteiger partial charge in [-0.05, 0) is 0 Å². The molecule has 1 radical (unpaired) electrons. The Kier molecular flexibility index (Phi) is 36.8. The Morgan fingerprint density at radius 3 is 1.20 bits per heavy atom. The summed E-state index contributed by atoms with van der Waals surface area (Å²) in [5.74, 6) is 0. The third-order valence-corrected chi connectivity index (χ3v) is 0. The molecule has 0 amide bonds. The molecule has 0 N–H and O–H groups in total. The van der Waals surface area contributed by atoms with Crippen molar-refractivity contribution in [1.82, 2.24) is 0 Å². The fourth-order valence-electron chi connectivity index (χ4n) is 0. The van der Waals surface area contributed by atoms with Crippen molar-refractivity contribution >= 4 is 45.8 Å². The van der Waals surface area contributed by atoms with Crippen molar-refractivity contribution in [2.45, 2.75) is 0 Å². The molecule has 0 heterocycles. The average molecular weight is 376 g/mol. The van der Waals surface area contributed by atoms with Crippen LogP contribution in [0.25, 0.3) is 0 Å². The van der Waals surface area contributed by atoms with Gasteiger partial charge in [-0.2, -0.15) is 0 Å². The third kappa shape index (κ3) is 41.2. The minimum absolute atomic E-state index is 0.194. The monoisotopic (exact) mass is 377 g/mol. The summed E-state index contributed by atoms with van der Waals surface area (Å²) in [6.07, 6.45) is 0. The second-order valence-corrected chi connectivity index (χ2v) is 0.559. The molecule has 0 rings (SSSR count). The molecule has 0 saturated carbocycles. The Balaban J connectivity index is 0. The summed E-state index contributed by atoms with van der Waals surface area (Å²) in [7, 11) is 0. The Morgan fingerprint density at radius 2 is 1.20 bits per heavy atom. The van der Waals surface area contributed by atoms with Gasteiger partial charge in [0.15, 0.2) is 0 Å². The van der Waals surface area contributed by atoms with Crippen LogP contribution >= 0.6 is 0 Å². The van der Waals surface area contributed by atoms with E-state index in [4.69, 9.17) is 8.97 Å². The van der Waals surface area contributed by atoms with E-state index >= 15 is 0 Å². The molecular formula is BiO3Sn. The molecule has 0 aromatic rings. The van der Waals surface area contributed by atoms with Gasteiger partial charge in [-0.3, -0.25) is 0 Å². The first-order chi connectivity index (χ1) is 2.41. The van der Waals surface area contributed by atoms with Crippen molar-refractivity contribution in [2.75, 3.05) is 0 Å². The first-order valence-electron chi connectivity index (χ1n) is 0.591. The van der Waals surface area contributed by atoms with Crippen LogP contribution in [0.5, 0.6) is 0 Å². The van der Waals surface area contributed by atoms with Gasteiger partial charge in [-0.1, -0.05) is 0 Å². The zero-order valence-corrected chi connectivity index (χ0v) is 8.50. The quantitative estimate of drug-likeness (QED) is 0.504. The van der Waals surface area contributed by atoms with Crippen molar-refractivity contribution in [3.05, 3.63) is 0 Å². The van der Waals surface area contributed by atoms with Crippen LogP contribution in [0.3, 0.4) is 0 Å². The number of hydrogen-bond donors (Lipinski definition) is 0. The van der Waals surface area contributed by atoms with Gasteiger partial charge >= 0.3 is 54.8 Å². The molecule has 0 aliphatic carbocycles. The number of rotatable bonds is 0. The average Bonchev–Trinajstić information content (AvgIpc) is 1.46. The van der Waals surface area contributed by atoms with E-state index in [0.717, 1.165) is 0 Å². The Labute approximate surface area is 54.4 Å². The van der Waals surface area contributed by atoms with E-state index in [1.54, 1.807) is 0 Å². The molecule has 0 bridgehead atoms. The summed E-state index contributed by atoms with van der Waals surface area (Å²) in [5, 5.41) is 0. The summed E-state index contributed by atoms with van der Waals surface area (Å²) in [6, 6.07) is 0. The molecule has 5 heteroatoms. The van der Waals surface area contributed by atoms with Crippen molar-refractivity contribution in [3.8, 4) is 0 Å². The third-order valence-electron chi connectivity index (χ3n) is 0.